The Kier molecular flexibility index (Phi) is 4.65. The lowest BCUT2D eigenvalue weighted by molar-refractivity contribution is 0.0636. The van der Waals surface area contributed by atoms with Crippen LogP contribution in [0.25, 0.3) is 0 Å². The number of amides is 1. The Hall–Kier alpha value is -1.55. The number of ether oxygens (including phenoxy) is 1. The van der Waals surface area contributed by atoms with E-state index in [9.17, 15) is 4.79 Å². The summed E-state index contributed by atoms with van der Waals surface area (Å²) in [5.74, 6) is 0.532. The molecule has 4 nitrogen and oxygen atoms in total. The van der Waals surface area contributed by atoms with Crippen LogP contribution in [0, 0.1) is 0 Å². The Morgan fingerprint density at radius 1 is 1.40 bits per heavy atom. The summed E-state index contributed by atoms with van der Waals surface area (Å²) in [5, 5.41) is 6.21. The minimum atomic E-state index is -0.477. The van der Waals surface area contributed by atoms with E-state index in [1.54, 1.807) is 0 Å². The minimum absolute atomic E-state index is 0.406. The lowest BCUT2D eigenvalue weighted by Crippen LogP contribution is -2.28. The molecule has 1 aromatic carbocycles. The summed E-state index contributed by atoms with van der Waals surface area (Å²) >= 11 is 0. The van der Waals surface area contributed by atoms with Crippen LogP contribution in [0.4, 0.5) is 10.5 Å². The Labute approximate surface area is 120 Å². The van der Waals surface area contributed by atoms with Gasteiger partial charge in [-0.15, -0.1) is 0 Å². The van der Waals surface area contributed by atoms with Crippen molar-refractivity contribution in [3.63, 3.8) is 0 Å². The molecule has 1 amide bonds. The number of hydrogen-bond donors (Lipinski definition) is 2. The van der Waals surface area contributed by atoms with Gasteiger partial charge in [-0.25, -0.2) is 4.79 Å². The van der Waals surface area contributed by atoms with Crippen LogP contribution in [0.1, 0.15) is 45.1 Å². The van der Waals surface area contributed by atoms with Gasteiger partial charge in [0.2, 0.25) is 0 Å². The van der Waals surface area contributed by atoms with Crippen molar-refractivity contribution in [2.45, 2.75) is 45.1 Å². The van der Waals surface area contributed by atoms with E-state index >= 15 is 0 Å². The van der Waals surface area contributed by atoms with Crippen molar-refractivity contribution in [1.29, 1.82) is 0 Å². The van der Waals surface area contributed by atoms with Crippen molar-refractivity contribution in [2.75, 3.05) is 18.4 Å². The van der Waals surface area contributed by atoms with E-state index in [4.69, 9.17) is 4.74 Å². The summed E-state index contributed by atoms with van der Waals surface area (Å²) in [7, 11) is 0. The zero-order valence-corrected chi connectivity index (χ0v) is 12.5. The molecule has 0 spiro atoms. The van der Waals surface area contributed by atoms with E-state index in [2.05, 4.69) is 16.7 Å². The topological polar surface area (TPSA) is 50.4 Å². The molecule has 1 saturated heterocycles. The summed E-state index contributed by atoms with van der Waals surface area (Å²) in [6.07, 6.45) is 1.99. The molecule has 0 aromatic heterocycles. The Bertz CT molecular complexity index is 460. The molecule has 110 valence electrons. The molecule has 2 N–H and O–H groups in total. The van der Waals surface area contributed by atoms with Gasteiger partial charge in [0.15, 0.2) is 0 Å². The molecule has 0 aliphatic carbocycles. The van der Waals surface area contributed by atoms with Crippen LogP contribution >= 0.6 is 0 Å². The molecule has 2 rings (SSSR count). The minimum Gasteiger partial charge on any atom is -0.444 e. The highest BCUT2D eigenvalue weighted by Crippen LogP contribution is 2.25. The molecule has 4 heteroatoms. The average molecular weight is 276 g/mol. The maximum atomic E-state index is 11.8. The standard InChI is InChI=1S/C16H24N2O2/c1-16(2,3)20-15(19)18-14-8-4-6-12(10-14)13-7-5-9-17-11-13/h4,6,8,10,13,17H,5,7,9,11H2,1-3H3,(H,18,19). The van der Waals surface area contributed by atoms with Crippen LogP contribution in [-0.4, -0.2) is 24.8 Å². The molecule has 1 aliphatic heterocycles. The van der Waals surface area contributed by atoms with Gasteiger partial charge in [-0.05, 0) is 63.8 Å². The first-order chi connectivity index (χ1) is 9.44. The number of hydrogen-bond acceptors (Lipinski definition) is 3. The van der Waals surface area contributed by atoms with Crippen LogP contribution in [0.5, 0.6) is 0 Å². The Morgan fingerprint density at radius 2 is 2.20 bits per heavy atom. The third-order valence-electron chi connectivity index (χ3n) is 3.30. The predicted molar refractivity (Wildman–Crippen MR) is 81.1 cm³/mol. The lowest BCUT2D eigenvalue weighted by atomic mass is 9.91. The zero-order chi connectivity index (χ0) is 14.6. The van der Waals surface area contributed by atoms with E-state index in [0.717, 1.165) is 18.8 Å². The average Bonchev–Trinajstić information content (AvgIpc) is 2.38. The van der Waals surface area contributed by atoms with Crippen molar-refractivity contribution >= 4 is 11.8 Å². The van der Waals surface area contributed by atoms with Gasteiger partial charge in [0.05, 0.1) is 0 Å². The number of carbonyl (C=O) groups excluding carboxylic acids is 1. The number of benzene rings is 1. The first-order valence-electron chi connectivity index (χ1n) is 7.25. The molecule has 0 saturated carbocycles. The predicted octanol–water partition coefficient (Wildman–Crippen LogP) is 3.50. The third-order valence-corrected chi connectivity index (χ3v) is 3.30. The van der Waals surface area contributed by atoms with E-state index < -0.39 is 11.7 Å². The van der Waals surface area contributed by atoms with Crippen LogP contribution in [0.2, 0.25) is 0 Å². The monoisotopic (exact) mass is 276 g/mol. The fourth-order valence-corrected chi connectivity index (χ4v) is 2.43. The first-order valence-corrected chi connectivity index (χ1v) is 7.25. The molecular weight excluding hydrogens is 252 g/mol. The maximum absolute atomic E-state index is 11.8. The van der Waals surface area contributed by atoms with Crippen molar-refractivity contribution in [3.05, 3.63) is 29.8 Å². The summed E-state index contributed by atoms with van der Waals surface area (Å²) in [4.78, 5) is 11.8. The quantitative estimate of drug-likeness (QED) is 0.869. The smallest absolute Gasteiger partial charge is 0.412 e. The second-order valence-electron chi connectivity index (χ2n) is 6.30. The molecule has 0 radical (unpaired) electrons. The SMILES string of the molecule is CC(C)(C)OC(=O)Nc1cccc(C2CCCNC2)c1. The molecule has 1 unspecified atom stereocenters. The van der Waals surface area contributed by atoms with Gasteiger partial charge in [-0.2, -0.15) is 0 Å². The maximum Gasteiger partial charge on any atom is 0.412 e. The van der Waals surface area contributed by atoms with Crippen LogP contribution in [-0.2, 0) is 4.74 Å². The molecular formula is C16H24N2O2. The highest BCUT2D eigenvalue weighted by molar-refractivity contribution is 5.84. The van der Waals surface area contributed by atoms with E-state index in [1.807, 2.05) is 39.0 Å². The zero-order valence-electron chi connectivity index (χ0n) is 12.5. The van der Waals surface area contributed by atoms with Gasteiger partial charge in [-0.3, -0.25) is 5.32 Å². The fourth-order valence-electron chi connectivity index (χ4n) is 2.43. The Balaban J connectivity index is 2.00. The molecule has 1 fully saturated rings. The number of carbonyl (C=O) groups is 1. The highest BCUT2D eigenvalue weighted by Gasteiger charge is 2.18. The molecule has 1 heterocycles. The second-order valence-corrected chi connectivity index (χ2v) is 6.30. The normalized spacial score (nSPS) is 19.4. The van der Waals surface area contributed by atoms with Gasteiger partial charge in [0.1, 0.15) is 5.60 Å². The fraction of sp³-hybridized carbons (Fsp3) is 0.562. The molecule has 1 aromatic rings. The Morgan fingerprint density at radius 3 is 2.85 bits per heavy atom. The van der Waals surface area contributed by atoms with Crippen LogP contribution < -0.4 is 10.6 Å². The third kappa shape index (κ3) is 4.53. The van der Waals surface area contributed by atoms with Crippen molar-refractivity contribution in [2.24, 2.45) is 0 Å². The number of nitrogens with one attached hydrogen (secondary N) is 2. The van der Waals surface area contributed by atoms with Gasteiger partial charge >= 0.3 is 6.09 Å². The summed E-state index contributed by atoms with van der Waals surface area (Å²) < 4.78 is 5.26. The van der Waals surface area contributed by atoms with E-state index in [0.29, 0.717) is 5.92 Å². The number of piperidine rings is 1. The molecule has 20 heavy (non-hydrogen) atoms. The molecule has 1 aliphatic rings. The summed E-state index contributed by atoms with van der Waals surface area (Å²) in [5.41, 5.74) is 1.59. The number of anilines is 1. The largest absolute Gasteiger partial charge is 0.444 e. The van der Waals surface area contributed by atoms with Crippen molar-refractivity contribution in [3.8, 4) is 0 Å². The van der Waals surface area contributed by atoms with Crippen molar-refractivity contribution in [1.82, 2.24) is 5.32 Å². The summed E-state index contributed by atoms with van der Waals surface area (Å²) in [6.45, 7) is 7.69. The van der Waals surface area contributed by atoms with Gasteiger partial charge in [0, 0.05) is 12.2 Å². The van der Waals surface area contributed by atoms with Gasteiger partial charge < -0.3 is 10.1 Å². The van der Waals surface area contributed by atoms with E-state index in [1.165, 1.54) is 18.4 Å². The summed E-state index contributed by atoms with van der Waals surface area (Å²) in [6, 6.07) is 8.04. The van der Waals surface area contributed by atoms with Gasteiger partial charge in [0.25, 0.3) is 0 Å². The van der Waals surface area contributed by atoms with Crippen LogP contribution in [0.15, 0.2) is 24.3 Å². The second kappa shape index (κ2) is 6.27. The number of rotatable bonds is 2. The van der Waals surface area contributed by atoms with Gasteiger partial charge in [-0.1, -0.05) is 12.1 Å². The van der Waals surface area contributed by atoms with Crippen molar-refractivity contribution < 1.29 is 9.53 Å². The van der Waals surface area contributed by atoms with E-state index in [-0.39, 0.29) is 0 Å². The first kappa shape index (κ1) is 14.9. The lowest BCUT2D eigenvalue weighted by Gasteiger charge is -2.24. The molecule has 0 bridgehead atoms. The molecule has 1 atom stereocenters. The van der Waals surface area contributed by atoms with Crippen LogP contribution in [0.3, 0.4) is 0 Å². The highest BCUT2D eigenvalue weighted by atomic mass is 16.6.